The number of amides is 2. The van der Waals surface area contributed by atoms with Gasteiger partial charge in [-0.1, -0.05) is 31.4 Å². The lowest BCUT2D eigenvalue weighted by atomic mass is 9.86. The second-order valence-corrected chi connectivity index (χ2v) is 7.73. The summed E-state index contributed by atoms with van der Waals surface area (Å²) in [5.41, 5.74) is 0.780. The van der Waals surface area contributed by atoms with E-state index in [-0.39, 0.29) is 30.0 Å². The summed E-state index contributed by atoms with van der Waals surface area (Å²) in [7, 11) is 0. The molecule has 2 amide bonds. The standard InChI is InChI=1S/C20H25ClN2O4/c1-13-5-2-3-6-16(13)22-18(24)12-27-20(26)14-8-9-15(21)17(11-14)23-10-4-7-19(23)25/h8-9,11,13,16H,2-7,10,12H2,1H3,(H,22,24)/t13-,16+/m1/s1. The van der Waals surface area contributed by atoms with E-state index in [9.17, 15) is 14.4 Å². The molecule has 1 aromatic rings. The highest BCUT2D eigenvalue weighted by atomic mass is 35.5. The Hall–Kier alpha value is -2.08. The minimum atomic E-state index is -0.605. The van der Waals surface area contributed by atoms with Crippen molar-refractivity contribution >= 4 is 35.1 Å². The molecule has 1 aliphatic carbocycles. The summed E-state index contributed by atoms with van der Waals surface area (Å²) >= 11 is 6.19. The Morgan fingerprint density at radius 1 is 1.26 bits per heavy atom. The predicted molar refractivity (Wildman–Crippen MR) is 103 cm³/mol. The molecule has 2 atom stereocenters. The van der Waals surface area contributed by atoms with Crippen molar-refractivity contribution in [3.8, 4) is 0 Å². The van der Waals surface area contributed by atoms with Crippen LogP contribution in [0.15, 0.2) is 18.2 Å². The third-order valence-corrected chi connectivity index (χ3v) is 5.66. The molecule has 1 aromatic carbocycles. The third kappa shape index (κ3) is 4.80. The lowest BCUT2D eigenvalue weighted by Crippen LogP contribution is -2.42. The fourth-order valence-corrected chi connectivity index (χ4v) is 3.96. The van der Waals surface area contributed by atoms with Gasteiger partial charge in [0.2, 0.25) is 5.91 Å². The number of rotatable bonds is 5. The van der Waals surface area contributed by atoms with Crippen molar-refractivity contribution in [1.29, 1.82) is 0 Å². The van der Waals surface area contributed by atoms with Gasteiger partial charge in [0, 0.05) is 19.0 Å². The van der Waals surface area contributed by atoms with Crippen molar-refractivity contribution in [2.24, 2.45) is 5.92 Å². The minimum absolute atomic E-state index is 0.0107. The molecule has 1 aliphatic heterocycles. The van der Waals surface area contributed by atoms with Crippen LogP contribution in [0.2, 0.25) is 5.02 Å². The van der Waals surface area contributed by atoms with Gasteiger partial charge in [0.15, 0.2) is 6.61 Å². The molecule has 0 unspecified atom stereocenters. The van der Waals surface area contributed by atoms with Gasteiger partial charge in [0.05, 0.1) is 16.3 Å². The van der Waals surface area contributed by atoms with Gasteiger partial charge in [0.25, 0.3) is 5.91 Å². The predicted octanol–water partition coefficient (Wildman–Crippen LogP) is 3.32. The van der Waals surface area contributed by atoms with E-state index in [2.05, 4.69) is 12.2 Å². The average Bonchev–Trinajstić information content (AvgIpc) is 3.08. The van der Waals surface area contributed by atoms with E-state index >= 15 is 0 Å². The molecule has 2 fully saturated rings. The van der Waals surface area contributed by atoms with Crippen LogP contribution in [0.3, 0.4) is 0 Å². The van der Waals surface area contributed by atoms with Crippen molar-refractivity contribution < 1.29 is 19.1 Å². The molecule has 0 bridgehead atoms. The number of nitrogens with zero attached hydrogens (tertiary/aromatic N) is 1. The summed E-state index contributed by atoms with van der Waals surface area (Å²) in [6.45, 7) is 2.40. The molecule has 2 aliphatic rings. The molecule has 27 heavy (non-hydrogen) atoms. The van der Waals surface area contributed by atoms with E-state index in [1.165, 1.54) is 12.5 Å². The van der Waals surface area contributed by atoms with Crippen LogP contribution in [-0.2, 0) is 14.3 Å². The second kappa shape index (κ2) is 8.74. The van der Waals surface area contributed by atoms with E-state index in [4.69, 9.17) is 16.3 Å². The number of carbonyl (C=O) groups is 3. The summed E-state index contributed by atoms with van der Waals surface area (Å²) in [4.78, 5) is 37.9. The first-order valence-electron chi connectivity index (χ1n) is 9.52. The fraction of sp³-hybridized carbons (Fsp3) is 0.550. The first-order chi connectivity index (χ1) is 13.0. The van der Waals surface area contributed by atoms with Crippen molar-refractivity contribution in [3.63, 3.8) is 0 Å². The first-order valence-corrected chi connectivity index (χ1v) is 9.90. The van der Waals surface area contributed by atoms with Gasteiger partial charge in [0.1, 0.15) is 0 Å². The number of halogens is 1. The largest absolute Gasteiger partial charge is 0.452 e. The van der Waals surface area contributed by atoms with Crippen LogP contribution >= 0.6 is 11.6 Å². The van der Waals surface area contributed by atoms with Gasteiger partial charge in [-0.05, 0) is 43.4 Å². The molecular weight excluding hydrogens is 368 g/mol. The summed E-state index contributed by atoms with van der Waals surface area (Å²) in [5, 5.41) is 3.36. The average molecular weight is 393 g/mol. The molecule has 3 rings (SSSR count). The van der Waals surface area contributed by atoms with Crippen molar-refractivity contribution in [2.45, 2.75) is 51.5 Å². The third-order valence-electron chi connectivity index (χ3n) is 5.34. The van der Waals surface area contributed by atoms with Gasteiger partial charge in [-0.2, -0.15) is 0 Å². The zero-order valence-electron chi connectivity index (χ0n) is 15.5. The molecule has 0 radical (unpaired) electrons. The maximum atomic E-state index is 12.3. The first kappa shape index (κ1) is 19.7. The molecule has 1 saturated heterocycles. The molecule has 0 aromatic heterocycles. The lowest BCUT2D eigenvalue weighted by molar-refractivity contribution is -0.125. The van der Waals surface area contributed by atoms with Gasteiger partial charge in [-0.25, -0.2) is 4.79 Å². The zero-order chi connectivity index (χ0) is 19.4. The monoisotopic (exact) mass is 392 g/mol. The smallest absolute Gasteiger partial charge is 0.338 e. The van der Waals surface area contributed by atoms with Gasteiger partial charge < -0.3 is 15.0 Å². The second-order valence-electron chi connectivity index (χ2n) is 7.33. The molecular formula is C20H25ClN2O4. The van der Waals surface area contributed by atoms with E-state index in [0.29, 0.717) is 29.6 Å². The molecule has 6 nitrogen and oxygen atoms in total. The molecule has 1 heterocycles. The number of hydrogen-bond acceptors (Lipinski definition) is 4. The van der Waals surface area contributed by atoms with Gasteiger partial charge >= 0.3 is 5.97 Å². The number of hydrogen-bond donors (Lipinski definition) is 1. The Kier molecular flexibility index (Phi) is 6.37. The van der Waals surface area contributed by atoms with E-state index in [1.54, 1.807) is 17.0 Å². The topological polar surface area (TPSA) is 75.7 Å². The number of carbonyl (C=O) groups excluding carboxylic acids is 3. The van der Waals surface area contributed by atoms with Crippen LogP contribution in [-0.4, -0.2) is 37.0 Å². The normalized spacial score (nSPS) is 22.6. The maximum absolute atomic E-state index is 12.3. The molecule has 1 saturated carbocycles. The van der Waals surface area contributed by atoms with E-state index in [1.807, 2.05) is 0 Å². The summed E-state index contributed by atoms with van der Waals surface area (Å²) in [6, 6.07) is 4.81. The Morgan fingerprint density at radius 2 is 2.04 bits per heavy atom. The van der Waals surface area contributed by atoms with Gasteiger partial charge in [-0.15, -0.1) is 0 Å². The van der Waals surface area contributed by atoms with Crippen LogP contribution in [0.1, 0.15) is 55.8 Å². The summed E-state index contributed by atoms with van der Waals surface area (Å²) < 4.78 is 5.15. The molecule has 0 spiro atoms. The molecule has 7 heteroatoms. The SMILES string of the molecule is C[C@@H]1CCCC[C@@H]1NC(=O)COC(=O)c1ccc(Cl)c(N2CCCC2=O)c1. The summed E-state index contributed by atoms with van der Waals surface area (Å²) in [5.74, 6) is -0.462. The van der Waals surface area contributed by atoms with Crippen LogP contribution in [0.5, 0.6) is 0 Å². The highest BCUT2D eigenvalue weighted by Crippen LogP contribution is 2.30. The van der Waals surface area contributed by atoms with Crippen LogP contribution in [0.25, 0.3) is 0 Å². The number of ether oxygens (including phenoxy) is 1. The quantitative estimate of drug-likeness (QED) is 0.780. The Balaban J connectivity index is 1.57. The minimum Gasteiger partial charge on any atom is -0.452 e. The summed E-state index contributed by atoms with van der Waals surface area (Å²) in [6.07, 6.45) is 5.62. The Morgan fingerprint density at radius 3 is 2.74 bits per heavy atom. The van der Waals surface area contributed by atoms with Crippen molar-refractivity contribution in [1.82, 2.24) is 5.32 Å². The van der Waals surface area contributed by atoms with E-state index in [0.717, 1.165) is 25.7 Å². The van der Waals surface area contributed by atoms with Crippen LogP contribution in [0, 0.1) is 5.92 Å². The van der Waals surface area contributed by atoms with E-state index < -0.39 is 5.97 Å². The van der Waals surface area contributed by atoms with Crippen LogP contribution < -0.4 is 10.2 Å². The van der Waals surface area contributed by atoms with Crippen LogP contribution in [0.4, 0.5) is 5.69 Å². The van der Waals surface area contributed by atoms with Crippen molar-refractivity contribution in [2.75, 3.05) is 18.1 Å². The lowest BCUT2D eigenvalue weighted by Gasteiger charge is -2.29. The number of esters is 1. The Labute approximate surface area is 164 Å². The Bertz CT molecular complexity index is 737. The maximum Gasteiger partial charge on any atom is 0.338 e. The van der Waals surface area contributed by atoms with Crippen molar-refractivity contribution in [3.05, 3.63) is 28.8 Å². The van der Waals surface area contributed by atoms with Gasteiger partial charge in [-0.3, -0.25) is 9.59 Å². The fourth-order valence-electron chi connectivity index (χ4n) is 3.74. The number of anilines is 1. The highest BCUT2D eigenvalue weighted by Gasteiger charge is 2.25. The molecule has 1 N–H and O–H groups in total. The number of benzene rings is 1. The number of nitrogens with one attached hydrogen (secondary N) is 1. The zero-order valence-corrected chi connectivity index (χ0v) is 16.3. The highest BCUT2D eigenvalue weighted by molar-refractivity contribution is 6.34. The molecule has 146 valence electrons.